The molecule has 0 aliphatic carbocycles. The van der Waals surface area contributed by atoms with E-state index >= 15 is 0 Å². The van der Waals surface area contributed by atoms with Gasteiger partial charge in [0.15, 0.2) is 0 Å². The first kappa shape index (κ1) is 12.2. The van der Waals surface area contributed by atoms with Crippen LogP contribution in [0.1, 0.15) is 20.3 Å². The fraction of sp³-hybridized carbons (Fsp3) is 0.700. The topological polar surface area (TPSA) is 24.8 Å². The zero-order chi connectivity index (χ0) is 10.3. The SMILES string of the molecule is C=C1CN(C)CC/C1=N/OC.CC. The normalized spacial score (nSPS) is 20.9. The molecule has 0 aromatic heterocycles. The third kappa shape index (κ3) is 4.08. The second kappa shape index (κ2) is 6.66. The molecule has 0 aromatic carbocycles. The van der Waals surface area contributed by atoms with Gasteiger partial charge in [-0.25, -0.2) is 0 Å². The quantitative estimate of drug-likeness (QED) is 0.581. The van der Waals surface area contributed by atoms with Gasteiger partial charge < -0.3 is 9.74 Å². The van der Waals surface area contributed by atoms with E-state index in [4.69, 9.17) is 4.84 Å². The standard InChI is InChI=1S/C8H14N2O.C2H6/c1-7-6-10(2)5-4-8(7)9-11-3;1-2/h1,4-6H2,2-3H3;1-2H3/b9-8-;. The molecule has 1 heterocycles. The number of likely N-dealkylation sites (tertiary alicyclic amines) is 1. The van der Waals surface area contributed by atoms with Crippen molar-refractivity contribution < 1.29 is 4.84 Å². The molecule has 13 heavy (non-hydrogen) atoms. The second-order valence-electron chi connectivity index (χ2n) is 2.81. The molecule has 1 aliphatic rings. The van der Waals surface area contributed by atoms with Gasteiger partial charge in [-0.3, -0.25) is 0 Å². The lowest BCUT2D eigenvalue weighted by Gasteiger charge is -2.24. The first-order chi connectivity index (χ1) is 6.24. The summed E-state index contributed by atoms with van der Waals surface area (Å²) >= 11 is 0. The molecule has 3 heteroatoms. The molecule has 3 nitrogen and oxygen atoms in total. The Morgan fingerprint density at radius 2 is 2.08 bits per heavy atom. The number of nitrogens with zero attached hydrogens (tertiary/aromatic N) is 2. The molecule has 0 aromatic rings. The molecular formula is C10H20N2O. The maximum absolute atomic E-state index is 4.70. The van der Waals surface area contributed by atoms with E-state index in [1.807, 2.05) is 13.8 Å². The molecule has 0 spiro atoms. The van der Waals surface area contributed by atoms with E-state index in [0.717, 1.165) is 30.8 Å². The average Bonchev–Trinajstić information content (AvgIpc) is 2.14. The first-order valence-corrected chi connectivity index (χ1v) is 4.70. The molecule has 0 atom stereocenters. The van der Waals surface area contributed by atoms with Gasteiger partial charge in [0.05, 0.1) is 5.71 Å². The summed E-state index contributed by atoms with van der Waals surface area (Å²) < 4.78 is 0. The van der Waals surface area contributed by atoms with Gasteiger partial charge >= 0.3 is 0 Å². The third-order valence-corrected chi connectivity index (χ3v) is 1.80. The predicted octanol–water partition coefficient (Wildman–Crippen LogP) is 1.91. The minimum absolute atomic E-state index is 0.905. The van der Waals surface area contributed by atoms with Crippen LogP contribution >= 0.6 is 0 Å². The van der Waals surface area contributed by atoms with Crippen LogP contribution in [0.25, 0.3) is 0 Å². The van der Waals surface area contributed by atoms with E-state index in [-0.39, 0.29) is 0 Å². The van der Waals surface area contributed by atoms with Crippen LogP contribution in [0.15, 0.2) is 17.3 Å². The summed E-state index contributed by atoms with van der Waals surface area (Å²) in [7, 11) is 3.65. The molecule has 1 aliphatic heterocycles. The van der Waals surface area contributed by atoms with E-state index < -0.39 is 0 Å². The summed E-state index contributed by atoms with van der Waals surface area (Å²) in [6.45, 7) is 9.86. The smallest absolute Gasteiger partial charge is 0.106 e. The molecule has 76 valence electrons. The van der Waals surface area contributed by atoms with Crippen molar-refractivity contribution in [1.29, 1.82) is 0 Å². The number of rotatable bonds is 1. The summed E-state index contributed by atoms with van der Waals surface area (Å²) in [5, 5.41) is 3.89. The summed E-state index contributed by atoms with van der Waals surface area (Å²) in [5.74, 6) is 0. The maximum Gasteiger partial charge on any atom is 0.106 e. The van der Waals surface area contributed by atoms with Crippen molar-refractivity contribution in [3.05, 3.63) is 12.2 Å². The lowest BCUT2D eigenvalue weighted by molar-refractivity contribution is 0.210. The summed E-state index contributed by atoms with van der Waals surface area (Å²) in [6, 6.07) is 0. The first-order valence-electron chi connectivity index (χ1n) is 4.70. The number of hydrogen-bond acceptors (Lipinski definition) is 3. The molecule has 1 fully saturated rings. The third-order valence-electron chi connectivity index (χ3n) is 1.80. The Morgan fingerprint density at radius 1 is 1.46 bits per heavy atom. The Labute approximate surface area is 81.1 Å². The van der Waals surface area contributed by atoms with Crippen LogP contribution in [0.2, 0.25) is 0 Å². The Bertz CT molecular complexity index is 187. The Kier molecular flexibility index (Phi) is 6.24. The zero-order valence-electron chi connectivity index (χ0n) is 9.13. The lowest BCUT2D eigenvalue weighted by Crippen LogP contribution is -2.32. The van der Waals surface area contributed by atoms with Crippen LogP contribution in [0.3, 0.4) is 0 Å². The van der Waals surface area contributed by atoms with Gasteiger partial charge in [-0.05, 0) is 12.6 Å². The molecule has 0 bridgehead atoms. The predicted molar refractivity (Wildman–Crippen MR) is 57.0 cm³/mol. The van der Waals surface area contributed by atoms with E-state index in [2.05, 4.69) is 23.7 Å². The van der Waals surface area contributed by atoms with Crippen molar-refractivity contribution in [3.8, 4) is 0 Å². The molecule has 0 radical (unpaired) electrons. The number of likely N-dealkylation sites (N-methyl/N-ethyl adjacent to an activating group) is 1. The van der Waals surface area contributed by atoms with E-state index in [1.54, 1.807) is 7.11 Å². The lowest BCUT2D eigenvalue weighted by atomic mass is 10.1. The minimum atomic E-state index is 0.905. The maximum atomic E-state index is 4.70. The van der Waals surface area contributed by atoms with Crippen molar-refractivity contribution >= 4 is 5.71 Å². The van der Waals surface area contributed by atoms with E-state index in [0.29, 0.717) is 0 Å². The van der Waals surface area contributed by atoms with Crippen LogP contribution in [0, 0.1) is 0 Å². The summed E-state index contributed by atoms with van der Waals surface area (Å²) in [6.07, 6.45) is 0.948. The van der Waals surface area contributed by atoms with Gasteiger partial charge in [-0.1, -0.05) is 25.6 Å². The highest BCUT2D eigenvalue weighted by molar-refractivity contribution is 6.00. The molecule has 0 amide bonds. The highest BCUT2D eigenvalue weighted by Gasteiger charge is 2.15. The molecule has 0 unspecified atom stereocenters. The molecule has 1 saturated heterocycles. The highest BCUT2D eigenvalue weighted by Crippen LogP contribution is 2.09. The zero-order valence-corrected chi connectivity index (χ0v) is 9.13. The second-order valence-corrected chi connectivity index (χ2v) is 2.81. The molecular weight excluding hydrogens is 164 g/mol. The van der Waals surface area contributed by atoms with Gasteiger partial charge in [-0.15, -0.1) is 0 Å². The van der Waals surface area contributed by atoms with Crippen LogP contribution in [0.4, 0.5) is 0 Å². The van der Waals surface area contributed by atoms with Crippen molar-refractivity contribution in [2.75, 3.05) is 27.2 Å². The van der Waals surface area contributed by atoms with Crippen molar-refractivity contribution in [1.82, 2.24) is 4.90 Å². The summed E-state index contributed by atoms with van der Waals surface area (Å²) in [4.78, 5) is 6.91. The van der Waals surface area contributed by atoms with Crippen molar-refractivity contribution in [3.63, 3.8) is 0 Å². The Balaban J connectivity index is 0.000000671. The highest BCUT2D eigenvalue weighted by atomic mass is 16.6. The van der Waals surface area contributed by atoms with E-state index in [9.17, 15) is 0 Å². The van der Waals surface area contributed by atoms with E-state index in [1.165, 1.54) is 0 Å². The van der Waals surface area contributed by atoms with Crippen LogP contribution in [-0.2, 0) is 4.84 Å². The van der Waals surface area contributed by atoms with Crippen molar-refractivity contribution in [2.45, 2.75) is 20.3 Å². The van der Waals surface area contributed by atoms with Gasteiger partial charge in [0, 0.05) is 19.5 Å². The van der Waals surface area contributed by atoms with Gasteiger partial charge in [-0.2, -0.15) is 0 Å². The number of oxime groups is 1. The average molecular weight is 184 g/mol. The van der Waals surface area contributed by atoms with Crippen LogP contribution in [-0.4, -0.2) is 37.9 Å². The molecule has 1 rings (SSSR count). The Hall–Kier alpha value is -0.830. The summed E-state index contributed by atoms with van der Waals surface area (Å²) in [5.41, 5.74) is 2.08. The van der Waals surface area contributed by atoms with Crippen LogP contribution in [0.5, 0.6) is 0 Å². The number of piperidine rings is 1. The number of hydrogen-bond donors (Lipinski definition) is 0. The van der Waals surface area contributed by atoms with Gasteiger partial charge in [0.25, 0.3) is 0 Å². The molecule has 0 N–H and O–H groups in total. The minimum Gasteiger partial charge on any atom is -0.399 e. The van der Waals surface area contributed by atoms with Gasteiger partial charge in [0.2, 0.25) is 0 Å². The monoisotopic (exact) mass is 184 g/mol. The Morgan fingerprint density at radius 3 is 2.54 bits per heavy atom. The fourth-order valence-electron chi connectivity index (χ4n) is 1.19. The molecule has 0 saturated carbocycles. The fourth-order valence-corrected chi connectivity index (χ4v) is 1.19. The van der Waals surface area contributed by atoms with Crippen LogP contribution < -0.4 is 0 Å². The van der Waals surface area contributed by atoms with Crippen molar-refractivity contribution in [2.24, 2.45) is 5.16 Å². The largest absolute Gasteiger partial charge is 0.399 e. The van der Waals surface area contributed by atoms with Gasteiger partial charge in [0.1, 0.15) is 7.11 Å².